The van der Waals surface area contributed by atoms with Crippen LogP contribution in [0.15, 0.2) is 6.33 Å². The number of aryl methyl sites for hydroxylation is 1. The molecule has 0 spiro atoms. The maximum atomic E-state index is 5.73. The van der Waals surface area contributed by atoms with E-state index in [1.54, 1.807) is 11.0 Å². The zero-order chi connectivity index (χ0) is 12.7. The molecule has 1 saturated heterocycles. The van der Waals surface area contributed by atoms with Crippen molar-refractivity contribution in [2.24, 2.45) is 7.05 Å². The fraction of sp³-hybridized carbons (Fsp3) is 0.636. The molecule has 2 aromatic rings. The van der Waals surface area contributed by atoms with Crippen molar-refractivity contribution in [3.8, 4) is 0 Å². The molecule has 0 bridgehead atoms. The normalized spacial score (nSPS) is 24.7. The van der Waals surface area contributed by atoms with Crippen molar-refractivity contribution >= 4 is 17.0 Å². The smallest absolute Gasteiger partial charge is 0.183 e. The molecule has 3 rings (SSSR count). The molecule has 18 heavy (non-hydrogen) atoms. The molecular formula is C11H16N6O. The summed E-state index contributed by atoms with van der Waals surface area (Å²) in [6, 6.07) is 0. The zero-order valence-electron chi connectivity index (χ0n) is 10.7. The summed E-state index contributed by atoms with van der Waals surface area (Å²) >= 11 is 0. The van der Waals surface area contributed by atoms with Crippen LogP contribution in [0.4, 0.5) is 5.82 Å². The van der Waals surface area contributed by atoms with Gasteiger partial charge in [0.1, 0.15) is 6.33 Å². The molecule has 96 valence electrons. The minimum absolute atomic E-state index is 0.190. The van der Waals surface area contributed by atoms with Crippen LogP contribution in [-0.2, 0) is 11.8 Å². The summed E-state index contributed by atoms with van der Waals surface area (Å²) in [6.45, 7) is 5.76. The average Bonchev–Trinajstić information content (AvgIpc) is 2.70. The number of hydrogen-bond donors (Lipinski definition) is 0. The third kappa shape index (κ3) is 1.80. The molecule has 0 amide bonds. The van der Waals surface area contributed by atoms with Gasteiger partial charge in [0, 0.05) is 20.1 Å². The summed E-state index contributed by atoms with van der Waals surface area (Å²) in [4.78, 5) is 10.8. The first-order valence-corrected chi connectivity index (χ1v) is 6.06. The molecular weight excluding hydrogens is 232 g/mol. The molecule has 0 N–H and O–H groups in total. The van der Waals surface area contributed by atoms with Gasteiger partial charge in [0.15, 0.2) is 17.0 Å². The molecule has 2 atom stereocenters. The number of anilines is 1. The fourth-order valence-electron chi connectivity index (χ4n) is 2.42. The first-order chi connectivity index (χ1) is 8.65. The first kappa shape index (κ1) is 11.3. The Balaban J connectivity index is 2.03. The van der Waals surface area contributed by atoms with Crippen LogP contribution in [-0.4, -0.2) is 50.3 Å². The highest BCUT2D eigenvalue weighted by atomic mass is 16.5. The number of fused-ring (bicyclic) bond motifs is 1. The van der Waals surface area contributed by atoms with E-state index in [-0.39, 0.29) is 12.2 Å². The van der Waals surface area contributed by atoms with E-state index in [1.165, 1.54) is 0 Å². The van der Waals surface area contributed by atoms with Crippen LogP contribution in [0.25, 0.3) is 11.2 Å². The van der Waals surface area contributed by atoms with Gasteiger partial charge in [-0.05, 0) is 13.8 Å². The van der Waals surface area contributed by atoms with Gasteiger partial charge < -0.3 is 9.64 Å². The van der Waals surface area contributed by atoms with E-state index < -0.39 is 0 Å². The van der Waals surface area contributed by atoms with Gasteiger partial charge in [0.2, 0.25) is 0 Å². The second kappa shape index (κ2) is 4.16. The van der Waals surface area contributed by atoms with Crippen molar-refractivity contribution in [3.63, 3.8) is 0 Å². The first-order valence-electron chi connectivity index (χ1n) is 6.06. The average molecular weight is 248 g/mol. The lowest BCUT2D eigenvalue weighted by Gasteiger charge is -2.35. The van der Waals surface area contributed by atoms with Gasteiger partial charge in [-0.15, -0.1) is 5.10 Å². The second-order valence-corrected chi connectivity index (χ2v) is 4.74. The zero-order valence-corrected chi connectivity index (χ0v) is 10.7. The Bertz CT molecular complexity index is 558. The lowest BCUT2D eigenvalue weighted by molar-refractivity contribution is -0.00538. The van der Waals surface area contributed by atoms with Crippen LogP contribution >= 0.6 is 0 Å². The van der Waals surface area contributed by atoms with Crippen molar-refractivity contribution < 1.29 is 4.74 Å². The molecule has 7 nitrogen and oxygen atoms in total. The van der Waals surface area contributed by atoms with E-state index in [2.05, 4.69) is 39.0 Å². The molecule has 1 fully saturated rings. The highest BCUT2D eigenvalue weighted by Crippen LogP contribution is 2.23. The number of rotatable bonds is 1. The topological polar surface area (TPSA) is 69.0 Å². The van der Waals surface area contributed by atoms with Gasteiger partial charge >= 0.3 is 0 Å². The molecule has 1 aliphatic heterocycles. The molecule has 0 unspecified atom stereocenters. The molecule has 1 aliphatic rings. The highest BCUT2D eigenvalue weighted by molar-refractivity contribution is 5.82. The highest BCUT2D eigenvalue weighted by Gasteiger charge is 2.25. The summed E-state index contributed by atoms with van der Waals surface area (Å²) in [6.07, 6.45) is 1.94. The third-order valence-corrected chi connectivity index (χ3v) is 3.09. The Morgan fingerprint density at radius 1 is 1.22 bits per heavy atom. The minimum atomic E-state index is 0.190. The van der Waals surface area contributed by atoms with Crippen LogP contribution in [0.5, 0.6) is 0 Å². The standard InChI is InChI=1S/C11H16N6O/c1-7-4-17(5-8(2)18-7)11-9-10(12-6-13-11)16(3)15-14-9/h6-8H,4-5H2,1-3H3/t7-,8-/m1/s1. The predicted octanol–water partition coefficient (Wildman–Crippen LogP) is 0.372. The maximum Gasteiger partial charge on any atom is 0.183 e. The van der Waals surface area contributed by atoms with Gasteiger partial charge in [0.25, 0.3) is 0 Å². The Labute approximate surface area is 105 Å². The number of morpholine rings is 1. The Kier molecular flexibility index (Phi) is 2.62. The lowest BCUT2D eigenvalue weighted by Crippen LogP contribution is -2.46. The number of ether oxygens (including phenoxy) is 1. The van der Waals surface area contributed by atoms with E-state index in [9.17, 15) is 0 Å². The van der Waals surface area contributed by atoms with Crippen molar-refractivity contribution in [1.29, 1.82) is 0 Å². The van der Waals surface area contributed by atoms with Crippen LogP contribution in [0, 0.1) is 0 Å². The van der Waals surface area contributed by atoms with Crippen LogP contribution in [0.1, 0.15) is 13.8 Å². The van der Waals surface area contributed by atoms with Crippen molar-refractivity contribution in [1.82, 2.24) is 25.0 Å². The van der Waals surface area contributed by atoms with E-state index in [0.717, 1.165) is 30.1 Å². The Morgan fingerprint density at radius 3 is 2.67 bits per heavy atom. The van der Waals surface area contributed by atoms with Crippen molar-refractivity contribution in [2.75, 3.05) is 18.0 Å². The van der Waals surface area contributed by atoms with E-state index in [4.69, 9.17) is 4.74 Å². The fourth-order valence-corrected chi connectivity index (χ4v) is 2.42. The third-order valence-electron chi connectivity index (χ3n) is 3.09. The Morgan fingerprint density at radius 2 is 1.94 bits per heavy atom. The number of aromatic nitrogens is 5. The monoisotopic (exact) mass is 248 g/mol. The molecule has 7 heteroatoms. The van der Waals surface area contributed by atoms with Gasteiger partial charge in [-0.2, -0.15) is 0 Å². The molecule has 0 radical (unpaired) electrons. The maximum absolute atomic E-state index is 5.73. The van der Waals surface area contributed by atoms with Gasteiger partial charge in [-0.3, -0.25) is 0 Å². The summed E-state index contributed by atoms with van der Waals surface area (Å²) in [5, 5.41) is 8.14. The Hall–Kier alpha value is -1.76. The quantitative estimate of drug-likeness (QED) is 0.726. The molecule has 2 aromatic heterocycles. The summed E-state index contributed by atoms with van der Waals surface area (Å²) < 4.78 is 7.39. The van der Waals surface area contributed by atoms with Crippen LogP contribution in [0.2, 0.25) is 0 Å². The number of hydrogen-bond acceptors (Lipinski definition) is 6. The summed E-state index contributed by atoms with van der Waals surface area (Å²) in [5.74, 6) is 0.843. The van der Waals surface area contributed by atoms with E-state index >= 15 is 0 Å². The SMILES string of the molecule is C[C@@H]1CN(c2ncnc3c2nnn3C)C[C@@H](C)O1. The minimum Gasteiger partial charge on any atom is -0.372 e. The van der Waals surface area contributed by atoms with Crippen molar-refractivity contribution in [3.05, 3.63) is 6.33 Å². The summed E-state index contributed by atoms with van der Waals surface area (Å²) in [7, 11) is 1.83. The van der Waals surface area contributed by atoms with Gasteiger partial charge in [0.05, 0.1) is 12.2 Å². The largest absolute Gasteiger partial charge is 0.372 e. The molecule has 0 aromatic carbocycles. The predicted molar refractivity (Wildman–Crippen MR) is 66.3 cm³/mol. The molecule has 0 aliphatic carbocycles. The summed E-state index contributed by atoms with van der Waals surface area (Å²) in [5.41, 5.74) is 1.51. The van der Waals surface area contributed by atoms with Gasteiger partial charge in [-0.25, -0.2) is 14.6 Å². The van der Waals surface area contributed by atoms with Crippen molar-refractivity contribution in [2.45, 2.75) is 26.1 Å². The molecule has 3 heterocycles. The van der Waals surface area contributed by atoms with Crippen LogP contribution in [0.3, 0.4) is 0 Å². The molecule has 0 saturated carbocycles. The number of nitrogens with zero attached hydrogens (tertiary/aromatic N) is 6. The van der Waals surface area contributed by atoms with Crippen LogP contribution < -0.4 is 4.90 Å². The van der Waals surface area contributed by atoms with E-state index in [1.807, 2.05) is 7.05 Å². The van der Waals surface area contributed by atoms with Gasteiger partial charge in [-0.1, -0.05) is 5.21 Å². The second-order valence-electron chi connectivity index (χ2n) is 4.74. The van der Waals surface area contributed by atoms with E-state index in [0.29, 0.717) is 0 Å². The lowest BCUT2D eigenvalue weighted by atomic mass is 10.2.